The van der Waals surface area contributed by atoms with E-state index in [9.17, 15) is 0 Å². The third-order valence-electron chi connectivity index (χ3n) is 3.19. The zero-order valence-electron chi connectivity index (χ0n) is 11.9. The smallest absolute Gasteiger partial charge is 0.178 e. The lowest BCUT2D eigenvalue weighted by atomic mass is 10.2. The second kappa shape index (κ2) is 5.69. The first-order valence-corrected chi connectivity index (χ1v) is 7.22. The minimum atomic E-state index is 0.277. The van der Waals surface area contributed by atoms with E-state index in [1.807, 2.05) is 36.4 Å². The van der Waals surface area contributed by atoms with Crippen LogP contribution in [-0.4, -0.2) is 19.8 Å². The summed E-state index contributed by atoms with van der Waals surface area (Å²) in [6.07, 6.45) is 0. The Balaban J connectivity index is 1.80. The Hall–Kier alpha value is -2.14. The number of benzene rings is 1. The molecule has 2 heterocycles. The first-order valence-electron chi connectivity index (χ1n) is 6.84. The number of hydrogen-bond donors (Lipinski definition) is 1. The summed E-state index contributed by atoms with van der Waals surface area (Å²) in [5.41, 5.74) is 1.91. The molecule has 0 unspecified atom stereocenters. The minimum Gasteiger partial charge on any atom is -0.365 e. The molecule has 0 saturated carbocycles. The summed E-state index contributed by atoms with van der Waals surface area (Å²) >= 11 is 5.88. The van der Waals surface area contributed by atoms with E-state index in [-0.39, 0.29) is 5.92 Å². The van der Waals surface area contributed by atoms with Crippen LogP contribution in [-0.2, 0) is 6.54 Å². The maximum atomic E-state index is 5.88. The van der Waals surface area contributed by atoms with Crippen LogP contribution in [0.25, 0.3) is 5.65 Å². The van der Waals surface area contributed by atoms with Gasteiger partial charge in [0.15, 0.2) is 11.5 Å². The number of nitrogens with one attached hydrogen (secondary N) is 1. The predicted octanol–water partition coefficient (Wildman–Crippen LogP) is 3.51. The van der Waals surface area contributed by atoms with Gasteiger partial charge in [0.1, 0.15) is 5.82 Å². The van der Waals surface area contributed by atoms with Crippen LogP contribution in [0.15, 0.2) is 36.4 Å². The molecule has 0 amide bonds. The number of rotatable bonds is 4. The van der Waals surface area contributed by atoms with Crippen LogP contribution in [0.4, 0.5) is 5.82 Å². The summed E-state index contributed by atoms with van der Waals surface area (Å²) in [5.74, 6) is 1.93. The Morgan fingerprint density at radius 2 is 1.86 bits per heavy atom. The lowest BCUT2D eigenvalue weighted by molar-refractivity contribution is 0.721. The average Bonchev–Trinajstić information content (AvgIpc) is 2.90. The summed E-state index contributed by atoms with van der Waals surface area (Å²) in [4.78, 5) is 0. The second-order valence-corrected chi connectivity index (χ2v) is 5.62. The number of aromatic nitrogens is 4. The van der Waals surface area contributed by atoms with E-state index in [2.05, 4.69) is 34.5 Å². The fourth-order valence-corrected chi connectivity index (χ4v) is 2.18. The Bertz CT molecular complexity index is 748. The highest BCUT2D eigenvalue weighted by Crippen LogP contribution is 2.15. The molecule has 0 atom stereocenters. The quantitative estimate of drug-likeness (QED) is 0.801. The topological polar surface area (TPSA) is 55.1 Å². The van der Waals surface area contributed by atoms with E-state index in [1.165, 1.54) is 0 Å². The molecule has 0 radical (unpaired) electrons. The molecule has 6 heteroatoms. The van der Waals surface area contributed by atoms with Gasteiger partial charge < -0.3 is 5.32 Å². The third-order valence-corrected chi connectivity index (χ3v) is 3.44. The molecule has 5 nitrogen and oxygen atoms in total. The number of hydrogen-bond acceptors (Lipinski definition) is 4. The monoisotopic (exact) mass is 301 g/mol. The summed E-state index contributed by atoms with van der Waals surface area (Å²) in [6, 6.07) is 11.6. The predicted molar refractivity (Wildman–Crippen MR) is 83.6 cm³/mol. The first kappa shape index (κ1) is 13.8. The van der Waals surface area contributed by atoms with Crippen LogP contribution in [0.2, 0.25) is 5.02 Å². The van der Waals surface area contributed by atoms with Gasteiger partial charge in [-0.2, -0.15) is 4.52 Å². The number of halogens is 1. The molecule has 1 aromatic carbocycles. The zero-order valence-corrected chi connectivity index (χ0v) is 12.7. The fourth-order valence-electron chi connectivity index (χ4n) is 2.05. The number of fused-ring (bicyclic) bond motifs is 1. The van der Waals surface area contributed by atoms with Crippen molar-refractivity contribution < 1.29 is 0 Å². The van der Waals surface area contributed by atoms with Gasteiger partial charge in [-0.1, -0.05) is 37.6 Å². The van der Waals surface area contributed by atoms with Gasteiger partial charge in [0.2, 0.25) is 0 Å². The third kappa shape index (κ3) is 2.97. The van der Waals surface area contributed by atoms with Crippen molar-refractivity contribution in [3.63, 3.8) is 0 Å². The van der Waals surface area contributed by atoms with Gasteiger partial charge in [-0.25, -0.2) is 0 Å². The van der Waals surface area contributed by atoms with Crippen LogP contribution in [0.1, 0.15) is 31.2 Å². The maximum absolute atomic E-state index is 5.88. The largest absolute Gasteiger partial charge is 0.365 e. The Kier molecular flexibility index (Phi) is 3.75. The highest BCUT2D eigenvalue weighted by molar-refractivity contribution is 6.30. The molecule has 2 aromatic heterocycles. The van der Waals surface area contributed by atoms with Gasteiger partial charge in [0.25, 0.3) is 0 Å². The van der Waals surface area contributed by atoms with Gasteiger partial charge >= 0.3 is 0 Å². The number of anilines is 1. The highest BCUT2D eigenvalue weighted by atomic mass is 35.5. The maximum Gasteiger partial charge on any atom is 0.178 e. The van der Waals surface area contributed by atoms with E-state index < -0.39 is 0 Å². The molecule has 0 spiro atoms. The molecule has 0 aliphatic rings. The van der Waals surface area contributed by atoms with Crippen molar-refractivity contribution in [3.05, 3.63) is 52.8 Å². The van der Waals surface area contributed by atoms with Crippen molar-refractivity contribution in [2.75, 3.05) is 5.32 Å². The molecule has 0 aliphatic carbocycles. The number of nitrogens with zero attached hydrogens (tertiary/aromatic N) is 4. The van der Waals surface area contributed by atoms with Crippen molar-refractivity contribution in [1.82, 2.24) is 19.8 Å². The minimum absolute atomic E-state index is 0.277. The molecular formula is C15H16ClN5. The van der Waals surface area contributed by atoms with E-state index in [1.54, 1.807) is 4.52 Å². The van der Waals surface area contributed by atoms with Gasteiger partial charge in [-0.05, 0) is 29.8 Å². The summed E-state index contributed by atoms with van der Waals surface area (Å²) < 4.78 is 1.79. The van der Waals surface area contributed by atoms with Crippen molar-refractivity contribution in [2.45, 2.75) is 26.3 Å². The lowest BCUT2D eigenvalue weighted by Gasteiger charge is -2.07. The second-order valence-electron chi connectivity index (χ2n) is 5.18. The van der Waals surface area contributed by atoms with E-state index in [4.69, 9.17) is 11.6 Å². The van der Waals surface area contributed by atoms with E-state index in [0.29, 0.717) is 6.54 Å². The molecule has 3 rings (SSSR count). The average molecular weight is 302 g/mol. The summed E-state index contributed by atoms with van der Waals surface area (Å²) in [5, 5.41) is 16.9. The zero-order chi connectivity index (χ0) is 14.8. The van der Waals surface area contributed by atoms with Crippen LogP contribution in [0, 0.1) is 0 Å². The summed E-state index contributed by atoms with van der Waals surface area (Å²) in [7, 11) is 0. The Morgan fingerprint density at radius 3 is 2.57 bits per heavy atom. The molecule has 3 aromatic rings. The van der Waals surface area contributed by atoms with Gasteiger partial charge in [-0.3, -0.25) is 0 Å². The lowest BCUT2D eigenvalue weighted by Crippen LogP contribution is -2.06. The normalized spacial score (nSPS) is 11.2. The van der Waals surface area contributed by atoms with Crippen molar-refractivity contribution in [2.24, 2.45) is 0 Å². The van der Waals surface area contributed by atoms with Crippen LogP contribution >= 0.6 is 11.6 Å². The SMILES string of the molecule is CC(C)c1nnc2ccc(NCc3ccc(Cl)cc3)nn12. The van der Waals surface area contributed by atoms with Crippen molar-refractivity contribution in [3.8, 4) is 0 Å². The fraction of sp³-hybridized carbons (Fsp3) is 0.267. The standard InChI is InChI=1S/C15H16ClN5/c1-10(2)15-19-18-14-8-7-13(20-21(14)15)17-9-11-3-5-12(16)6-4-11/h3-8,10H,9H2,1-2H3,(H,17,20). The Labute approximate surface area is 128 Å². The highest BCUT2D eigenvalue weighted by Gasteiger charge is 2.10. The molecule has 0 bridgehead atoms. The molecular weight excluding hydrogens is 286 g/mol. The van der Waals surface area contributed by atoms with Gasteiger partial charge in [-0.15, -0.1) is 15.3 Å². The summed E-state index contributed by atoms with van der Waals surface area (Å²) in [6.45, 7) is 4.84. The van der Waals surface area contributed by atoms with E-state index in [0.717, 1.165) is 27.9 Å². The molecule has 1 N–H and O–H groups in total. The molecule has 0 fully saturated rings. The van der Waals surface area contributed by atoms with E-state index >= 15 is 0 Å². The van der Waals surface area contributed by atoms with Crippen molar-refractivity contribution >= 4 is 23.1 Å². The Morgan fingerprint density at radius 1 is 1.10 bits per heavy atom. The molecule has 108 valence electrons. The van der Waals surface area contributed by atoms with Crippen LogP contribution < -0.4 is 5.32 Å². The molecule has 0 saturated heterocycles. The van der Waals surface area contributed by atoms with Crippen molar-refractivity contribution in [1.29, 1.82) is 0 Å². The molecule has 21 heavy (non-hydrogen) atoms. The van der Waals surface area contributed by atoms with Crippen LogP contribution in [0.3, 0.4) is 0 Å². The first-order chi connectivity index (χ1) is 10.1. The van der Waals surface area contributed by atoms with Gasteiger partial charge in [0.05, 0.1) is 0 Å². The van der Waals surface area contributed by atoms with Gasteiger partial charge in [0, 0.05) is 17.5 Å². The molecule has 0 aliphatic heterocycles. The van der Waals surface area contributed by atoms with Crippen LogP contribution in [0.5, 0.6) is 0 Å².